The van der Waals surface area contributed by atoms with Gasteiger partial charge in [0.25, 0.3) is 5.91 Å². The van der Waals surface area contributed by atoms with Gasteiger partial charge in [-0.2, -0.15) is 0 Å². The van der Waals surface area contributed by atoms with E-state index in [-0.39, 0.29) is 5.91 Å². The molecule has 6 heteroatoms. The molecule has 5 rings (SSSR count). The van der Waals surface area contributed by atoms with Crippen LogP contribution in [0.5, 0.6) is 5.75 Å². The largest absolute Gasteiger partial charge is 0.496 e. The molecule has 3 aromatic carbocycles. The number of nitrogens with zero attached hydrogens (tertiary/aromatic N) is 2. The maximum absolute atomic E-state index is 13.1. The van der Waals surface area contributed by atoms with E-state index in [1.54, 1.807) is 18.9 Å². The van der Waals surface area contributed by atoms with Gasteiger partial charge in [0, 0.05) is 40.0 Å². The molecule has 2 aliphatic rings. The van der Waals surface area contributed by atoms with Crippen LogP contribution in [-0.4, -0.2) is 43.6 Å². The van der Waals surface area contributed by atoms with Crippen molar-refractivity contribution in [3.63, 3.8) is 0 Å². The fraction of sp³-hybridized carbons (Fsp3) is 0.321. The molecule has 0 aliphatic carbocycles. The number of hydrogen-bond donors (Lipinski definition) is 1. The molecule has 1 saturated heterocycles. The Morgan fingerprint density at radius 3 is 2.56 bits per heavy atom. The lowest BCUT2D eigenvalue weighted by Crippen LogP contribution is -2.40. The lowest BCUT2D eigenvalue weighted by atomic mass is 10.1. The first-order valence-corrected chi connectivity index (χ1v) is 12.8. The van der Waals surface area contributed by atoms with E-state index in [4.69, 9.17) is 4.74 Å². The van der Waals surface area contributed by atoms with Crippen molar-refractivity contribution in [2.24, 2.45) is 0 Å². The van der Waals surface area contributed by atoms with Crippen LogP contribution in [0.25, 0.3) is 0 Å². The maximum atomic E-state index is 13.1. The number of ether oxygens (including phenoxy) is 1. The summed E-state index contributed by atoms with van der Waals surface area (Å²) >= 11 is 1.78. The zero-order chi connectivity index (χ0) is 23.5. The number of rotatable bonds is 7. The van der Waals surface area contributed by atoms with Crippen LogP contribution in [0.4, 0.5) is 11.4 Å². The first-order chi connectivity index (χ1) is 16.6. The minimum absolute atomic E-state index is 0.0790. The molecular weight excluding hydrogens is 442 g/mol. The number of hydrogen-bond acceptors (Lipinski definition) is 5. The van der Waals surface area contributed by atoms with Crippen LogP contribution in [0.1, 0.15) is 35.7 Å². The molecule has 176 valence electrons. The topological polar surface area (TPSA) is 44.8 Å². The average Bonchev–Trinajstić information content (AvgIpc) is 3.38. The van der Waals surface area contributed by atoms with Gasteiger partial charge in [-0.15, -0.1) is 0 Å². The Balaban J connectivity index is 1.41. The minimum atomic E-state index is -0.0790. The number of nitrogens with one attached hydrogen (secondary N) is 1. The summed E-state index contributed by atoms with van der Waals surface area (Å²) in [6, 6.07) is 22.7. The van der Waals surface area contributed by atoms with Gasteiger partial charge in [0.1, 0.15) is 5.75 Å². The van der Waals surface area contributed by atoms with Gasteiger partial charge in [-0.05, 0) is 69.3 Å². The zero-order valence-electron chi connectivity index (χ0n) is 19.8. The molecule has 1 atom stereocenters. The van der Waals surface area contributed by atoms with E-state index in [0.717, 1.165) is 23.5 Å². The number of methoxy groups -OCH3 is 1. The van der Waals surface area contributed by atoms with Crippen molar-refractivity contribution in [1.82, 2.24) is 10.2 Å². The number of benzene rings is 3. The van der Waals surface area contributed by atoms with E-state index in [0.29, 0.717) is 18.2 Å². The first-order valence-electron chi connectivity index (χ1n) is 12.0. The van der Waals surface area contributed by atoms with Crippen molar-refractivity contribution in [2.75, 3.05) is 31.6 Å². The standard InChI is InChI=1S/C28H31N3O2S/c1-20(19-30-15-7-8-16-30)31-23-10-4-6-12-26(23)34-27-14-13-21(17-24(27)31)28(32)29-18-22-9-3-5-11-25(22)33-2/h3-6,9-14,17,20H,7-8,15-16,18-19H2,1-2H3,(H,29,32)/t20-/m1/s1. The van der Waals surface area contributed by atoms with Crippen LogP contribution in [0.2, 0.25) is 0 Å². The molecule has 3 aromatic rings. The molecule has 0 saturated carbocycles. The summed E-state index contributed by atoms with van der Waals surface area (Å²) < 4.78 is 5.42. The monoisotopic (exact) mass is 473 g/mol. The number of carbonyl (C=O) groups excluding carboxylic acids is 1. The van der Waals surface area contributed by atoms with Crippen molar-refractivity contribution < 1.29 is 9.53 Å². The second-order valence-electron chi connectivity index (χ2n) is 8.97. The summed E-state index contributed by atoms with van der Waals surface area (Å²) in [6.07, 6.45) is 2.57. The molecule has 1 N–H and O–H groups in total. The van der Waals surface area contributed by atoms with Gasteiger partial charge >= 0.3 is 0 Å². The molecular formula is C28H31N3O2S. The van der Waals surface area contributed by atoms with Gasteiger partial charge in [-0.3, -0.25) is 4.79 Å². The van der Waals surface area contributed by atoms with Crippen LogP contribution in [0.3, 0.4) is 0 Å². The van der Waals surface area contributed by atoms with Gasteiger partial charge in [0.2, 0.25) is 0 Å². The number of para-hydroxylation sites is 2. The van der Waals surface area contributed by atoms with Crippen molar-refractivity contribution in [1.29, 1.82) is 0 Å². The summed E-state index contributed by atoms with van der Waals surface area (Å²) in [6.45, 7) is 6.08. The first kappa shape index (κ1) is 22.8. The van der Waals surface area contributed by atoms with Gasteiger partial charge in [0.05, 0.1) is 18.5 Å². The van der Waals surface area contributed by atoms with E-state index < -0.39 is 0 Å². The van der Waals surface area contributed by atoms with Crippen molar-refractivity contribution in [2.45, 2.75) is 42.1 Å². The third kappa shape index (κ3) is 4.65. The number of likely N-dealkylation sites (tertiary alicyclic amines) is 1. The minimum Gasteiger partial charge on any atom is -0.496 e. The fourth-order valence-electron chi connectivity index (χ4n) is 4.95. The molecule has 0 unspecified atom stereocenters. The predicted octanol–water partition coefficient (Wildman–Crippen LogP) is 5.71. The highest BCUT2D eigenvalue weighted by Gasteiger charge is 2.29. The molecule has 34 heavy (non-hydrogen) atoms. The SMILES string of the molecule is COc1ccccc1CNC(=O)c1ccc2c(c1)N([C@H](C)CN1CCCC1)c1ccccc1S2. The molecule has 0 radical (unpaired) electrons. The van der Waals surface area contributed by atoms with Crippen LogP contribution in [0, 0.1) is 0 Å². The summed E-state index contributed by atoms with van der Waals surface area (Å²) in [5, 5.41) is 3.07. The maximum Gasteiger partial charge on any atom is 0.251 e. The Kier molecular flexibility index (Phi) is 6.79. The highest BCUT2D eigenvalue weighted by molar-refractivity contribution is 7.99. The summed E-state index contributed by atoms with van der Waals surface area (Å²) in [5.41, 5.74) is 3.97. The lowest BCUT2D eigenvalue weighted by molar-refractivity contribution is 0.0950. The Morgan fingerprint density at radius 1 is 1.00 bits per heavy atom. The van der Waals surface area contributed by atoms with Crippen LogP contribution < -0.4 is 15.0 Å². The van der Waals surface area contributed by atoms with Crippen LogP contribution in [-0.2, 0) is 6.54 Å². The quantitative estimate of drug-likeness (QED) is 0.476. The Labute approximate surface area is 206 Å². The third-order valence-corrected chi connectivity index (χ3v) is 7.75. The average molecular weight is 474 g/mol. The van der Waals surface area contributed by atoms with Crippen LogP contribution >= 0.6 is 11.8 Å². The van der Waals surface area contributed by atoms with E-state index >= 15 is 0 Å². The fourth-order valence-corrected chi connectivity index (χ4v) is 6.00. The highest BCUT2D eigenvalue weighted by Crippen LogP contribution is 2.49. The molecule has 1 fully saturated rings. The normalized spacial score (nSPS) is 16.0. The Bertz CT molecular complexity index is 1180. The second kappa shape index (κ2) is 10.1. The number of amides is 1. The molecule has 2 heterocycles. The van der Waals surface area contributed by atoms with E-state index in [1.807, 2.05) is 30.3 Å². The van der Waals surface area contributed by atoms with Crippen molar-refractivity contribution >= 4 is 29.0 Å². The molecule has 0 aromatic heterocycles. The van der Waals surface area contributed by atoms with E-state index in [1.165, 1.54) is 41.4 Å². The van der Waals surface area contributed by atoms with Crippen LogP contribution in [0.15, 0.2) is 76.5 Å². The van der Waals surface area contributed by atoms with Crippen molar-refractivity contribution in [3.05, 3.63) is 77.9 Å². The van der Waals surface area contributed by atoms with Gasteiger partial charge in [-0.1, -0.05) is 42.1 Å². The van der Waals surface area contributed by atoms with Gasteiger partial charge in [-0.25, -0.2) is 0 Å². The highest BCUT2D eigenvalue weighted by atomic mass is 32.2. The summed E-state index contributed by atoms with van der Waals surface area (Å²) in [7, 11) is 1.65. The molecule has 0 bridgehead atoms. The summed E-state index contributed by atoms with van der Waals surface area (Å²) in [4.78, 5) is 20.5. The third-order valence-electron chi connectivity index (χ3n) is 6.62. The predicted molar refractivity (Wildman–Crippen MR) is 138 cm³/mol. The van der Waals surface area contributed by atoms with Gasteiger partial charge < -0.3 is 19.9 Å². The summed E-state index contributed by atoms with van der Waals surface area (Å²) in [5.74, 6) is 0.702. The molecule has 1 amide bonds. The molecule has 5 nitrogen and oxygen atoms in total. The Morgan fingerprint density at radius 2 is 1.74 bits per heavy atom. The van der Waals surface area contributed by atoms with E-state index in [2.05, 4.69) is 58.4 Å². The van der Waals surface area contributed by atoms with Gasteiger partial charge in [0.15, 0.2) is 0 Å². The lowest BCUT2D eigenvalue weighted by Gasteiger charge is -2.39. The number of fused-ring (bicyclic) bond motifs is 2. The number of carbonyl (C=O) groups is 1. The smallest absolute Gasteiger partial charge is 0.251 e. The zero-order valence-corrected chi connectivity index (χ0v) is 20.6. The molecule has 2 aliphatic heterocycles. The Hall–Kier alpha value is -2.96. The van der Waals surface area contributed by atoms with Crippen molar-refractivity contribution in [3.8, 4) is 5.75 Å². The second-order valence-corrected chi connectivity index (χ2v) is 10.1. The molecule has 0 spiro atoms. The van der Waals surface area contributed by atoms with E-state index in [9.17, 15) is 4.79 Å². The number of anilines is 2.